The predicted octanol–water partition coefficient (Wildman–Crippen LogP) is 10.2. The summed E-state index contributed by atoms with van der Waals surface area (Å²) in [7, 11) is -4.40. The standard InChI is InChI=1S/C39H72NO8P/c1-3-5-7-9-10-11-12-13-14-15-16-17-18-19-20-21-22-23-24-25-26-28-30-32-39(43)46-35-37(41)36-48-49(44,45)47-34-33-40-38(42)31-29-27-8-6-4-2/h10-11,13-14,16-17,37,41H,3-9,12,15,18-36H2,1-2H3,(H,40,42)(H,44,45)/b11-10-,14-13-,17-16-. The normalized spacial score (nSPS) is 13.8. The van der Waals surface area contributed by atoms with Crippen LogP contribution < -0.4 is 5.32 Å². The molecule has 0 saturated heterocycles. The molecule has 1 amide bonds. The van der Waals surface area contributed by atoms with Gasteiger partial charge in [-0.3, -0.25) is 18.6 Å². The van der Waals surface area contributed by atoms with Gasteiger partial charge in [0, 0.05) is 19.4 Å². The largest absolute Gasteiger partial charge is 0.472 e. The molecule has 3 N–H and O–H groups in total. The fourth-order valence-corrected chi connectivity index (χ4v) is 5.85. The minimum Gasteiger partial charge on any atom is -0.463 e. The lowest BCUT2D eigenvalue weighted by Crippen LogP contribution is -2.27. The van der Waals surface area contributed by atoms with Gasteiger partial charge >= 0.3 is 13.8 Å². The summed E-state index contributed by atoms with van der Waals surface area (Å²) >= 11 is 0. The Kier molecular flexibility index (Phi) is 34.7. The third-order valence-electron chi connectivity index (χ3n) is 8.07. The number of aliphatic hydroxyl groups is 1. The SMILES string of the molecule is CCCCC/C=C\C/C=C\C/C=C\CCCCCCCCCCCCC(=O)OCC(O)COP(=O)(O)OCCNC(=O)CCCCCCC. The number of hydrogen-bond donors (Lipinski definition) is 3. The van der Waals surface area contributed by atoms with Crippen molar-refractivity contribution >= 4 is 19.7 Å². The van der Waals surface area contributed by atoms with Crippen LogP contribution in [0, 0.1) is 0 Å². The van der Waals surface area contributed by atoms with E-state index in [1.165, 1.54) is 77.0 Å². The fraction of sp³-hybridized carbons (Fsp3) is 0.795. The van der Waals surface area contributed by atoms with Gasteiger partial charge in [0.15, 0.2) is 0 Å². The number of phosphoric ester groups is 1. The lowest BCUT2D eigenvalue weighted by molar-refractivity contribution is -0.147. The zero-order valence-corrected chi connectivity index (χ0v) is 32.0. The summed E-state index contributed by atoms with van der Waals surface area (Å²) < 4.78 is 26.6. The van der Waals surface area contributed by atoms with Crippen molar-refractivity contribution in [3.63, 3.8) is 0 Å². The van der Waals surface area contributed by atoms with Crippen LogP contribution in [0.3, 0.4) is 0 Å². The van der Waals surface area contributed by atoms with Gasteiger partial charge in [0.1, 0.15) is 12.7 Å². The Bertz CT molecular complexity index is 907. The molecule has 286 valence electrons. The Hall–Kier alpha value is -1.77. The summed E-state index contributed by atoms with van der Waals surface area (Å²) in [6.45, 7) is 3.42. The van der Waals surface area contributed by atoms with E-state index in [0.717, 1.165) is 64.2 Å². The number of nitrogens with one attached hydrogen (secondary N) is 1. The molecule has 0 saturated carbocycles. The number of carbonyl (C=O) groups is 2. The molecule has 0 aliphatic heterocycles. The molecule has 2 atom stereocenters. The Morgan fingerprint density at radius 2 is 1.10 bits per heavy atom. The second-order valence-corrected chi connectivity index (χ2v) is 14.4. The van der Waals surface area contributed by atoms with E-state index in [4.69, 9.17) is 13.8 Å². The zero-order valence-electron chi connectivity index (χ0n) is 31.1. The van der Waals surface area contributed by atoms with Crippen molar-refractivity contribution in [2.75, 3.05) is 26.4 Å². The summed E-state index contributed by atoms with van der Waals surface area (Å²) in [6.07, 6.45) is 38.3. The van der Waals surface area contributed by atoms with Crippen LogP contribution in [0.1, 0.15) is 168 Å². The first-order chi connectivity index (χ1) is 23.8. The average Bonchev–Trinajstić information content (AvgIpc) is 3.08. The first-order valence-electron chi connectivity index (χ1n) is 19.5. The van der Waals surface area contributed by atoms with Crippen LogP contribution >= 0.6 is 7.82 Å². The van der Waals surface area contributed by atoms with E-state index in [1.54, 1.807) is 0 Å². The fourth-order valence-electron chi connectivity index (χ4n) is 5.09. The van der Waals surface area contributed by atoms with Gasteiger partial charge in [-0.05, 0) is 51.4 Å². The molecular formula is C39H72NO8P. The number of hydrogen-bond acceptors (Lipinski definition) is 7. The number of aliphatic hydroxyl groups excluding tert-OH is 1. The number of phosphoric acid groups is 1. The second-order valence-electron chi connectivity index (χ2n) is 12.9. The van der Waals surface area contributed by atoms with Gasteiger partial charge in [-0.25, -0.2) is 4.57 Å². The molecule has 10 heteroatoms. The Labute approximate surface area is 299 Å². The average molecular weight is 714 g/mol. The first-order valence-corrected chi connectivity index (χ1v) is 21.0. The number of unbranched alkanes of at least 4 members (excludes halogenated alkanes) is 17. The van der Waals surface area contributed by atoms with Crippen LogP contribution in [0.4, 0.5) is 0 Å². The first kappa shape index (κ1) is 47.2. The quantitative estimate of drug-likeness (QED) is 0.0253. The number of carbonyl (C=O) groups excluding carboxylic acids is 2. The molecular weight excluding hydrogens is 641 g/mol. The maximum absolute atomic E-state index is 12.0. The van der Waals surface area contributed by atoms with E-state index < -0.39 is 26.5 Å². The molecule has 0 aliphatic carbocycles. The lowest BCUT2D eigenvalue weighted by Gasteiger charge is -2.15. The molecule has 0 aromatic rings. The number of esters is 1. The maximum Gasteiger partial charge on any atom is 0.472 e. The van der Waals surface area contributed by atoms with Crippen LogP contribution in [-0.2, 0) is 27.9 Å². The van der Waals surface area contributed by atoms with Crippen LogP contribution in [0.5, 0.6) is 0 Å². The molecule has 49 heavy (non-hydrogen) atoms. The van der Waals surface area contributed by atoms with E-state index >= 15 is 0 Å². The number of rotatable bonds is 36. The van der Waals surface area contributed by atoms with Gasteiger partial charge < -0.3 is 20.1 Å². The van der Waals surface area contributed by atoms with Crippen molar-refractivity contribution in [1.29, 1.82) is 0 Å². The maximum atomic E-state index is 12.0. The topological polar surface area (TPSA) is 131 Å². The molecule has 0 bridgehead atoms. The van der Waals surface area contributed by atoms with E-state index in [-0.39, 0.29) is 32.1 Å². The van der Waals surface area contributed by atoms with Gasteiger partial charge in [-0.2, -0.15) is 0 Å². The Morgan fingerprint density at radius 1 is 0.633 bits per heavy atom. The minimum atomic E-state index is -4.40. The van der Waals surface area contributed by atoms with Crippen LogP contribution in [-0.4, -0.2) is 54.3 Å². The summed E-state index contributed by atoms with van der Waals surface area (Å²) in [6, 6.07) is 0. The van der Waals surface area contributed by atoms with E-state index in [1.807, 2.05) is 0 Å². The van der Waals surface area contributed by atoms with Crippen molar-refractivity contribution in [1.82, 2.24) is 5.32 Å². The summed E-state index contributed by atoms with van der Waals surface area (Å²) in [5.41, 5.74) is 0. The number of amides is 1. The minimum absolute atomic E-state index is 0.0804. The summed E-state index contributed by atoms with van der Waals surface area (Å²) in [5.74, 6) is -0.534. The molecule has 2 unspecified atom stereocenters. The summed E-state index contributed by atoms with van der Waals surface area (Å²) in [5, 5.41) is 12.6. The molecule has 0 heterocycles. The molecule has 0 aliphatic rings. The Balaban J connectivity index is 3.57. The highest BCUT2D eigenvalue weighted by molar-refractivity contribution is 7.47. The van der Waals surface area contributed by atoms with E-state index in [0.29, 0.717) is 6.42 Å². The molecule has 0 rings (SSSR count). The Morgan fingerprint density at radius 3 is 1.69 bits per heavy atom. The highest BCUT2D eigenvalue weighted by atomic mass is 31.2. The van der Waals surface area contributed by atoms with Crippen LogP contribution in [0.25, 0.3) is 0 Å². The lowest BCUT2D eigenvalue weighted by atomic mass is 10.1. The van der Waals surface area contributed by atoms with Gasteiger partial charge in [0.05, 0.1) is 13.2 Å². The van der Waals surface area contributed by atoms with Crippen LogP contribution in [0.2, 0.25) is 0 Å². The summed E-state index contributed by atoms with van der Waals surface area (Å²) in [4.78, 5) is 33.5. The molecule has 0 radical (unpaired) electrons. The molecule has 9 nitrogen and oxygen atoms in total. The van der Waals surface area contributed by atoms with Gasteiger partial charge in [-0.15, -0.1) is 0 Å². The molecule has 0 aromatic heterocycles. The highest BCUT2D eigenvalue weighted by Gasteiger charge is 2.23. The highest BCUT2D eigenvalue weighted by Crippen LogP contribution is 2.42. The smallest absolute Gasteiger partial charge is 0.463 e. The predicted molar refractivity (Wildman–Crippen MR) is 201 cm³/mol. The van der Waals surface area contributed by atoms with Gasteiger partial charge in [0.25, 0.3) is 0 Å². The van der Waals surface area contributed by atoms with Crippen molar-refractivity contribution in [3.8, 4) is 0 Å². The molecule has 0 aromatic carbocycles. The van der Waals surface area contributed by atoms with Gasteiger partial charge in [0.2, 0.25) is 5.91 Å². The van der Waals surface area contributed by atoms with Gasteiger partial charge in [-0.1, -0.05) is 140 Å². The molecule has 0 fully saturated rings. The number of ether oxygens (including phenoxy) is 1. The zero-order chi connectivity index (χ0) is 36.1. The van der Waals surface area contributed by atoms with E-state index in [9.17, 15) is 24.2 Å². The third kappa shape index (κ3) is 37.3. The van der Waals surface area contributed by atoms with Crippen molar-refractivity contribution in [2.24, 2.45) is 0 Å². The molecule has 0 spiro atoms. The van der Waals surface area contributed by atoms with Crippen molar-refractivity contribution in [3.05, 3.63) is 36.5 Å². The monoisotopic (exact) mass is 713 g/mol. The van der Waals surface area contributed by atoms with Crippen molar-refractivity contribution in [2.45, 2.75) is 174 Å². The second kappa shape index (κ2) is 36.0. The van der Waals surface area contributed by atoms with Crippen LogP contribution in [0.15, 0.2) is 36.5 Å². The van der Waals surface area contributed by atoms with E-state index in [2.05, 4.69) is 55.6 Å². The number of allylic oxidation sites excluding steroid dienone is 6. The third-order valence-corrected chi connectivity index (χ3v) is 9.06. The van der Waals surface area contributed by atoms with Crippen molar-refractivity contribution < 1.29 is 37.9 Å².